The van der Waals surface area contributed by atoms with E-state index in [9.17, 15) is 13.9 Å². The van der Waals surface area contributed by atoms with Crippen molar-refractivity contribution in [1.82, 2.24) is 4.57 Å². The highest BCUT2D eigenvalue weighted by Gasteiger charge is 2.13. The summed E-state index contributed by atoms with van der Waals surface area (Å²) in [6.07, 6.45) is 0. The Morgan fingerprint density at radius 1 is 1.00 bits per heavy atom. The van der Waals surface area contributed by atoms with Crippen LogP contribution in [-0.4, -0.2) is 16.3 Å². The summed E-state index contributed by atoms with van der Waals surface area (Å²) in [6.45, 7) is 2.61. The molecule has 1 aromatic heterocycles. The number of benzene rings is 2. The predicted octanol–water partition coefficient (Wildman–Crippen LogP) is 3.70. The first-order chi connectivity index (χ1) is 9.60. The molecule has 2 nitrogen and oxygen atoms in total. The summed E-state index contributed by atoms with van der Waals surface area (Å²) in [7, 11) is 0. The summed E-state index contributed by atoms with van der Waals surface area (Å²) in [4.78, 5) is 0. The van der Waals surface area contributed by atoms with E-state index >= 15 is 0 Å². The quantitative estimate of drug-likeness (QED) is 0.774. The molecule has 0 bridgehead atoms. The summed E-state index contributed by atoms with van der Waals surface area (Å²) in [5, 5.41) is 10.6. The molecule has 0 aliphatic heterocycles. The van der Waals surface area contributed by atoms with E-state index in [4.69, 9.17) is 0 Å². The molecule has 1 heterocycles. The molecule has 1 atom stereocenters. The third-order valence-corrected chi connectivity index (χ3v) is 3.59. The van der Waals surface area contributed by atoms with E-state index in [2.05, 4.69) is 0 Å². The molecule has 0 fully saturated rings. The van der Waals surface area contributed by atoms with Gasteiger partial charge in [0.1, 0.15) is 11.6 Å². The summed E-state index contributed by atoms with van der Waals surface area (Å²) in [5.74, 6) is -0.601. The van der Waals surface area contributed by atoms with Crippen molar-refractivity contribution in [3.63, 3.8) is 0 Å². The van der Waals surface area contributed by atoms with Gasteiger partial charge in [-0.3, -0.25) is 0 Å². The van der Waals surface area contributed by atoms with Crippen molar-refractivity contribution in [2.45, 2.75) is 13.5 Å². The number of aromatic nitrogens is 1. The lowest BCUT2D eigenvalue weighted by Gasteiger charge is -2.12. The number of aliphatic hydroxyl groups excluding tert-OH is 1. The average Bonchev–Trinajstić information content (AvgIpc) is 2.72. The van der Waals surface area contributed by atoms with Gasteiger partial charge in [-0.2, -0.15) is 0 Å². The lowest BCUT2D eigenvalue weighted by Crippen LogP contribution is -2.10. The maximum absolute atomic E-state index is 13.5. The third-order valence-electron chi connectivity index (χ3n) is 3.59. The molecule has 0 aliphatic rings. The molecule has 0 spiro atoms. The summed E-state index contributed by atoms with van der Waals surface area (Å²) >= 11 is 0. The van der Waals surface area contributed by atoms with Gasteiger partial charge in [-0.05, 0) is 42.3 Å². The molecule has 0 amide bonds. The van der Waals surface area contributed by atoms with Crippen LogP contribution in [0.2, 0.25) is 0 Å². The van der Waals surface area contributed by atoms with Gasteiger partial charge in [0, 0.05) is 35.0 Å². The molecule has 0 saturated heterocycles. The number of aliphatic hydroxyl groups is 1. The molecule has 0 radical (unpaired) electrons. The van der Waals surface area contributed by atoms with Gasteiger partial charge in [0.2, 0.25) is 0 Å². The fraction of sp³-hybridized carbons (Fsp3) is 0.250. The smallest absolute Gasteiger partial charge is 0.123 e. The molecular weight excluding hydrogens is 260 g/mol. The maximum atomic E-state index is 13.5. The maximum Gasteiger partial charge on any atom is 0.123 e. The number of fused-ring (bicyclic) bond motifs is 3. The van der Waals surface area contributed by atoms with Gasteiger partial charge in [0.25, 0.3) is 0 Å². The van der Waals surface area contributed by atoms with E-state index in [1.807, 2.05) is 11.5 Å². The minimum absolute atomic E-state index is 0.0730. The number of hydrogen-bond acceptors (Lipinski definition) is 1. The predicted molar refractivity (Wildman–Crippen MR) is 75.6 cm³/mol. The fourth-order valence-electron chi connectivity index (χ4n) is 2.61. The first-order valence-corrected chi connectivity index (χ1v) is 6.58. The number of hydrogen-bond donors (Lipinski definition) is 1. The zero-order valence-electron chi connectivity index (χ0n) is 11.1. The Bertz CT molecular complexity index is 720. The van der Waals surface area contributed by atoms with E-state index < -0.39 is 0 Å². The van der Waals surface area contributed by atoms with Gasteiger partial charge in [-0.15, -0.1) is 0 Å². The highest BCUT2D eigenvalue weighted by molar-refractivity contribution is 6.08. The SMILES string of the molecule is CC(CO)Cn1c2ccc(F)cc2c2cc(F)ccc21. The molecule has 3 rings (SSSR count). The topological polar surface area (TPSA) is 25.2 Å². The van der Waals surface area contributed by atoms with Crippen molar-refractivity contribution in [3.8, 4) is 0 Å². The Morgan fingerprint density at radius 3 is 1.95 bits per heavy atom. The summed E-state index contributed by atoms with van der Waals surface area (Å²) in [6, 6.07) is 9.06. The third kappa shape index (κ3) is 2.06. The van der Waals surface area contributed by atoms with Gasteiger partial charge in [0.05, 0.1) is 0 Å². The van der Waals surface area contributed by atoms with E-state index in [0.29, 0.717) is 17.3 Å². The van der Waals surface area contributed by atoms with Crippen LogP contribution in [0.25, 0.3) is 21.8 Å². The highest BCUT2D eigenvalue weighted by Crippen LogP contribution is 2.30. The standard InChI is InChI=1S/C16H15F2NO/c1-10(9-20)8-19-15-4-2-11(17)6-13(15)14-7-12(18)3-5-16(14)19/h2-7,10,20H,8-9H2,1H3. The fourth-order valence-corrected chi connectivity index (χ4v) is 2.61. The van der Waals surface area contributed by atoms with Gasteiger partial charge < -0.3 is 9.67 Å². The van der Waals surface area contributed by atoms with E-state index in [0.717, 1.165) is 11.0 Å². The van der Waals surface area contributed by atoms with Gasteiger partial charge in [0.15, 0.2) is 0 Å². The molecule has 104 valence electrons. The molecule has 4 heteroatoms. The Morgan fingerprint density at radius 2 is 1.50 bits per heavy atom. The Labute approximate surface area is 115 Å². The Balaban J connectivity index is 2.34. The van der Waals surface area contributed by atoms with Crippen molar-refractivity contribution in [2.24, 2.45) is 5.92 Å². The van der Waals surface area contributed by atoms with Crippen molar-refractivity contribution in [1.29, 1.82) is 0 Å². The van der Waals surface area contributed by atoms with Crippen molar-refractivity contribution < 1.29 is 13.9 Å². The van der Waals surface area contributed by atoms with Crippen LogP contribution in [0.3, 0.4) is 0 Å². The number of halogens is 2. The first kappa shape index (κ1) is 13.1. The van der Waals surface area contributed by atoms with E-state index in [1.54, 1.807) is 12.1 Å². The minimum Gasteiger partial charge on any atom is -0.396 e. The van der Waals surface area contributed by atoms with Crippen LogP contribution in [0.4, 0.5) is 8.78 Å². The zero-order valence-corrected chi connectivity index (χ0v) is 11.1. The Kier molecular flexibility index (Phi) is 3.18. The largest absolute Gasteiger partial charge is 0.396 e. The van der Waals surface area contributed by atoms with Crippen molar-refractivity contribution in [2.75, 3.05) is 6.61 Å². The van der Waals surface area contributed by atoms with Crippen LogP contribution in [-0.2, 0) is 6.54 Å². The molecule has 2 aromatic carbocycles. The monoisotopic (exact) mass is 275 g/mol. The molecule has 0 aliphatic carbocycles. The lowest BCUT2D eigenvalue weighted by molar-refractivity contribution is 0.225. The van der Waals surface area contributed by atoms with E-state index in [-0.39, 0.29) is 24.2 Å². The van der Waals surface area contributed by atoms with Crippen molar-refractivity contribution >= 4 is 21.8 Å². The minimum atomic E-state index is -0.337. The summed E-state index contributed by atoms with van der Waals surface area (Å²) in [5.41, 5.74) is 1.71. The van der Waals surface area contributed by atoms with Crippen LogP contribution in [0.15, 0.2) is 36.4 Å². The second-order valence-corrected chi connectivity index (χ2v) is 5.22. The van der Waals surface area contributed by atoms with Crippen LogP contribution in [0.5, 0.6) is 0 Å². The Hall–Kier alpha value is -1.94. The number of nitrogens with zero attached hydrogens (tertiary/aromatic N) is 1. The average molecular weight is 275 g/mol. The van der Waals surface area contributed by atoms with E-state index in [1.165, 1.54) is 24.3 Å². The highest BCUT2D eigenvalue weighted by atomic mass is 19.1. The molecule has 20 heavy (non-hydrogen) atoms. The first-order valence-electron chi connectivity index (χ1n) is 6.58. The second-order valence-electron chi connectivity index (χ2n) is 5.22. The zero-order chi connectivity index (χ0) is 14.3. The van der Waals surface area contributed by atoms with Gasteiger partial charge in [-0.1, -0.05) is 6.92 Å². The molecule has 0 saturated carbocycles. The molecule has 1 N–H and O–H groups in total. The second kappa shape index (κ2) is 4.87. The van der Waals surface area contributed by atoms with Crippen LogP contribution >= 0.6 is 0 Å². The van der Waals surface area contributed by atoms with Crippen LogP contribution in [0, 0.1) is 17.6 Å². The lowest BCUT2D eigenvalue weighted by atomic mass is 10.1. The molecular formula is C16H15F2NO. The van der Waals surface area contributed by atoms with Gasteiger partial charge in [-0.25, -0.2) is 8.78 Å². The van der Waals surface area contributed by atoms with Gasteiger partial charge >= 0.3 is 0 Å². The van der Waals surface area contributed by atoms with Crippen molar-refractivity contribution in [3.05, 3.63) is 48.0 Å². The molecule has 1 unspecified atom stereocenters. The number of rotatable bonds is 3. The van der Waals surface area contributed by atoms with Crippen LogP contribution in [0.1, 0.15) is 6.92 Å². The van der Waals surface area contributed by atoms with Crippen LogP contribution < -0.4 is 0 Å². The summed E-state index contributed by atoms with van der Waals surface area (Å²) < 4.78 is 28.9. The normalized spacial score (nSPS) is 13.2. The molecule has 3 aromatic rings.